The first-order valence-electron chi connectivity index (χ1n) is 5.48. The van der Waals surface area contributed by atoms with E-state index in [0.29, 0.717) is 29.8 Å². The van der Waals surface area contributed by atoms with Gasteiger partial charge in [-0.1, -0.05) is 24.3 Å². The number of hydrogen-bond acceptors (Lipinski definition) is 2. The van der Waals surface area contributed by atoms with Gasteiger partial charge in [0.05, 0.1) is 5.92 Å². The van der Waals surface area contributed by atoms with E-state index in [1.165, 1.54) is 0 Å². The van der Waals surface area contributed by atoms with Crippen molar-refractivity contribution in [3.63, 3.8) is 0 Å². The summed E-state index contributed by atoms with van der Waals surface area (Å²) in [5, 5.41) is 8.85. The molecule has 1 aromatic rings. The van der Waals surface area contributed by atoms with Crippen LogP contribution in [0.4, 0.5) is 0 Å². The Bertz CT molecular complexity index is 398. The molecule has 1 aromatic carbocycles. The number of rotatable bonds is 6. The second-order valence-electron chi connectivity index (χ2n) is 3.90. The maximum Gasteiger partial charge on any atom is 0.310 e. The van der Waals surface area contributed by atoms with Crippen LogP contribution in [0.15, 0.2) is 24.3 Å². The second-order valence-corrected chi connectivity index (χ2v) is 4.28. The predicted octanol–water partition coefficient (Wildman–Crippen LogP) is 3.08. The van der Waals surface area contributed by atoms with E-state index in [1.54, 1.807) is 31.2 Å². The Morgan fingerprint density at radius 2 is 1.88 bits per heavy atom. The minimum Gasteiger partial charge on any atom is -0.481 e. The van der Waals surface area contributed by atoms with Gasteiger partial charge >= 0.3 is 5.97 Å². The summed E-state index contributed by atoms with van der Waals surface area (Å²) in [6.07, 6.45) is 1.09. The molecular formula is C13H15ClO3. The molecule has 0 amide bonds. The highest BCUT2D eigenvalue weighted by molar-refractivity contribution is 6.18. The predicted molar refractivity (Wildman–Crippen MR) is 66.8 cm³/mol. The lowest BCUT2D eigenvalue weighted by molar-refractivity contribution is -0.138. The summed E-state index contributed by atoms with van der Waals surface area (Å²) in [5.74, 6) is -0.909. The van der Waals surface area contributed by atoms with Crippen LogP contribution in [0.1, 0.15) is 41.6 Å². The monoisotopic (exact) mass is 254 g/mol. The van der Waals surface area contributed by atoms with E-state index in [2.05, 4.69) is 0 Å². The Morgan fingerprint density at radius 1 is 1.29 bits per heavy atom. The Labute approximate surface area is 105 Å². The number of ketones is 1. The Balaban J connectivity index is 2.74. The topological polar surface area (TPSA) is 54.4 Å². The molecule has 0 aromatic heterocycles. The average molecular weight is 255 g/mol. The van der Waals surface area contributed by atoms with Gasteiger partial charge in [0.2, 0.25) is 0 Å². The van der Waals surface area contributed by atoms with Gasteiger partial charge in [-0.05, 0) is 18.9 Å². The molecular weight excluding hydrogens is 240 g/mol. The summed E-state index contributed by atoms with van der Waals surface area (Å²) < 4.78 is 0. The molecule has 0 saturated carbocycles. The van der Waals surface area contributed by atoms with Crippen molar-refractivity contribution in [1.29, 1.82) is 0 Å². The molecule has 4 heteroatoms. The third kappa shape index (κ3) is 3.86. The number of carboxylic acid groups (broad SMARTS) is 1. The van der Waals surface area contributed by atoms with Crippen LogP contribution in [0.2, 0.25) is 0 Å². The maximum absolute atomic E-state index is 11.6. The second kappa shape index (κ2) is 6.40. The van der Waals surface area contributed by atoms with Gasteiger partial charge in [-0.3, -0.25) is 9.59 Å². The summed E-state index contributed by atoms with van der Waals surface area (Å²) in [4.78, 5) is 22.4. The van der Waals surface area contributed by atoms with Crippen LogP contribution in [-0.2, 0) is 4.79 Å². The van der Waals surface area contributed by atoms with Crippen LogP contribution in [0.25, 0.3) is 0 Å². The van der Waals surface area contributed by atoms with Crippen molar-refractivity contribution in [3.05, 3.63) is 35.4 Å². The molecule has 0 aliphatic heterocycles. The van der Waals surface area contributed by atoms with Gasteiger partial charge in [-0.2, -0.15) is 0 Å². The summed E-state index contributed by atoms with van der Waals surface area (Å²) in [6.45, 7) is 1.62. The van der Waals surface area contributed by atoms with Gasteiger partial charge in [0.1, 0.15) is 0 Å². The van der Waals surface area contributed by atoms with E-state index in [4.69, 9.17) is 16.7 Å². The third-order valence-electron chi connectivity index (χ3n) is 2.64. The van der Waals surface area contributed by atoms with Gasteiger partial charge in [-0.25, -0.2) is 0 Å². The zero-order chi connectivity index (χ0) is 12.8. The van der Waals surface area contributed by atoms with Crippen molar-refractivity contribution in [2.75, 3.05) is 5.88 Å². The van der Waals surface area contributed by atoms with Crippen molar-refractivity contribution in [2.45, 2.75) is 25.7 Å². The van der Waals surface area contributed by atoms with Crippen LogP contribution < -0.4 is 0 Å². The molecule has 0 bridgehead atoms. The van der Waals surface area contributed by atoms with Crippen molar-refractivity contribution in [3.8, 4) is 0 Å². The molecule has 17 heavy (non-hydrogen) atoms. The fourth-order valence-electron chi connectivity index (χ4n) is 1.47. The minimum atomic E-state index is -0.869. The fraction of sp³-hybridized carbons (Fsp3) is 0.385. The number of halogens is 1. The van der Waals surface area contributed by atoms with Crippen LogP contribution >= 0.6 is 11.6 Å². The average Bonchev–Trinajstić information content (AvgIpc) is 2.35. The number of aliphatic carboxylic acids is 1. The van der Waals surface area contributed by atoms with Crippen LogP contribution in [0.3, 0.4) is 0 Å². The molecule has 0 aliphatic carbocycles. The van der Waals surface area contributed by atoms with Gasteiger partial charge < -0.3 is 5.11 Å². The SMILES string of the molecule is CC(C(=O)O)c1ccc(C(=O)CCCCl)cc1. The molecule has 0 radical (unpaired) electrons. The zero-order valence-electron chi connectivity index (χ0n) is 9.65. The van der Waals surface area contributed by atoms with E-state index in [0.717, 1.165) is 0 Å². The third-order valence-corrected chi connectivity index (χ3v) is 2.91. The molecule has 92 valence electrons. The first kappa shape index (κ1) is 13.7. The minimum absolute atomic E-state index is 0.0418. The Morgan fingerprint density at radius 3 is 2.35 bits per heavy atom. The van der Waals surface area contributed by atoms with E-state index in [9.17, 15) is 9.59 Å². The molecule has 0 spiro atoms. The first-order valence-corrected chi connectivity index (χ1v) is 6.01. The lowest BCUT2D eigenvalue weighted by Crippen LogP contribution is -2.07. The van der Waals surface area contributed by atoms with E-state index in [-0.39, 0.29) is 5.78 Å². The molecule has 0 heterocycles. The number of benzene rings is 1. The molecule has 1 N–H and O–H groups in total. The molecule has 1 rings (SSSR count). The van der Waals surface area contributed by atoms with E-state index >= 15 is 0 Å². The number of carboxylic acids is 1. The Hall–Kier alpha value is -1.35. The molecule has 3 nitrogen and oxygen atoms in total. The van der Waals surface area contributed by atoms with Crippen LogP contribution in [0, 0.1) is 0 Å². The number of Topliss-reactive ketones (excluding diaryl/α,β-unsaturated/α-hetero) is 1. The molecule has 0 saturated heterocycles. The normalized spacial score (nSPS) is 12.1. The number of hydrogen-bond donors (Lipinski definition) is 1. The van der Waals surface area contributed by atoms with Crippen molar-refractivity contribution < 1.29 is 14.7 Å². The summed E-state index contributed by atoms with van der Waals surface area (Å²) in [6, 6.07) is 6.72. The maximum atomic E-state index is 11.6. The number of carbonyl (C=O) groups is 2. The lowest BCUT2D eigenvalue weighted by Gasteiger charge is -2.07. The van der Waals surface area contributed by atoms with E-state index < -0.39 is 11.9 Å². The number of alkyl halides is 1. The number of carbonyl (C=O) groups excluding carboxylic acids is 1. The largest absolute Gasteiger partial charge is 0.481 e. The lowest BCUT2D eigenvalue weighted by atomic mass is 9.98. The quantitative estimate of drug-likeness (QED) is 0.627. The molecule has 0 fully saturated rings. The zero-order valence-corrected chi connectivity index (χ0v) is 10.4. The van der Waals surface area contributed by atoms with Gasteiger partial charge in [0.15, 0.2) is 5.78 Å². The summed E-state index contributed by atoms with van der Waals surface area (Å²) >= 11 is 5.52. The first-order chi connectivity index (χ1) is 8.06. The smallest absolute Gasteiger partial charge is 0.310 e. The highest BCUT2D eigenvalue weighted by Crippen LogP contribution is 2.17. The summed E-state index contributed by atoms with van der Waals surface area (Å²) in [5.41, 5.74) is 1.31. The van der Waals surface area contributed by atoms with Crippen molar-refractivity contribution in [1.82, 2.24) is 0 Å². The highest BCUT2D eigenvalue weighted by Gasteiger charge is 2.14. The van der Waals surface area contributed by atoms with Crippen LogP contribution in [0.5, 0.6) is 0 Å². The molecule has 1 unspecified atom stereocenters. The van der Waals surface area contributed by atoms with E-state index in [1.807, 2.05) is 0 Å². The molecule has 0 aliphatic rings. The van der Waals surface area contributed by atoms with Crippen molar-refractivity contribution in [2.24, 2.45) is 0 Å². The molecule has 1 atom stereocenters. The fourth-order valence-corrected chi connectivity index (χ4v) is 1.61. The standard InChI is InChI=1S/C13H15ClO3/c1-9(13(16)17)10-4-6-11(7-5-10)12(15)3-2-8-14/h4-7,9H,2-3,8H2,1H3,(H,16,17). The highest BCUT2D eigenvalue weighted by atomic mass is 35.5. The van der Waals surface area contributed by atoms with Gasteiger partial charge in [-0.15, -0.1) is 11.6 Å². The van der Waals surface area contributed by atoms with Crippen LogP contribution in [-0.4, -0.2) is 22.7 Å². The van der Waals surface area contributed by atoms with Crippen molar-refractivity contribution >= 4 is 23.4 Å². The summed E-state index contributed by atoms with van der Waals surface area (Å²) in [7, 11) is 0. The van der Waals surface area contributed by atoms with Gasteiger partial charge in [0.25, 0.3) is 0 Å². The van der Waals surface area contributed by atoms with Gasteiger partial charge in [0, 0.05) is 17.9 Å². The Kier molecular flexibility index (Phi) is 5.16.